The molecule has 4 aromatic carbocycles. The van der Waals surface area contributed by atoms with Crippen molar-refractivity contribution in [2.75, 3.05) is 0 Å². The van der Waals surface area contributed by atoms with Crippen LogP contribution in [0.15, 0.2) is 97.1 Å². The summed E-state index contributed by atoms with van der Waals surface area (Å²) in [5.41, 5.74) is 7.20. The van der Waals surface area contributed by atoms with Crippen molar-refractivity contribution < 1.29 is 4.79 Å². The first-order chi connectivity index (χ1) is 15.2. The summed E-state index contributed by atoms with van der Waals surface area (Å²) in [5.74, 6) is 0. The smallest absolute Gasteiger partial charge is 0.150 e. The molecule has 0 aliphatic rings. The molecule has 5 rings (SSSR count). The Labute approximate surface area is 185 Å². The largest absolute Gasteiger partial charge is 0.298 e. The lowest BCUT2D eigenvalue weighted by atomic mass is 9.97. The molecule has 0 radical (unpaired) electrons. The molecule has 0 N–H and O–H groups in total. The van der Waals surface area contributed by atoms with Gasteiger partial charge in [0.05, 0.1) is 22.4 Å². The molecular weight excluding hydrogens is 404 g/mol. The quantitative estimate of drug-likeness (QED) is 0.291. The first-order valence-electron chi connectivity index (χ1n) is 9.91. The molecule has 0 fully saturated rings. The second-order valence-electron chi connectivity index (χ2n) is 7.18. The highest BCUT2D eigenvalue weighted by atomic mass is 35.5. The molecule has 0 aliphatic heterocycles. The minimum atomic E-state index is 0.562. The maximum absolute atomic E-state index is 11.7. The zero-order valence-electron chi connectivity index (χ0n) is 16.5. The molecule has 0 spiro atoms. The van der Waals surface area contributed by atoms with E-state index in [9.17, 15) is 4.79 Å². The lowest BCUT2D eigenvalue weighted by Crippen LogP contribution is -1.98. The predicted octanol–water partition coefficient (Wildman–Crippen LogP) is 7.10. The molecule has 1 aromatic heterocycles. The van der Waals surface area contributed by atoms with E-state index in [0.29, 0.717) is 10.6 Å². The minimum Gasteiger partial charge on any atom is -0.298 e. The van der Waals surface area contributed by atoms with Gasteiger partial charge in [-0.2, -0.15) is 0 Å². The van der Waals surface area contributed by atoms with E-state index in [2.05, 4.69) is 0 Å². The molecule has 0 saturated heterocycles. The van der Waals surface area contributed by atoms with Gasteiger partial charge in [0.25, 0.3) is 0 Å². The minimum absolute atomic E-state index is 0.562. The van der Waals surface area contributed by atoms with Crippen LogP contribution >= 0.6 is 11.6 Å². The van der Waals surface area contributed by atoms with Gasteiger partial charge in [0.1, 0.15) is 0 Å². The maximum Gasteiger partial charge on any atom is 0.150 e. The van der Waals surface area contributed by atoms with E-state index in [0.717, 1.165) is 51.0 Å². The van der Waals surface area contributed by atoms with E-state index in [1.807, 2.05) is 78.9 Å². The molecule has 0 bridgehead atoms. The monoisotopic (exact) mass is 420 g/mol. The second-order valence-corrected chi connectivity index (χ2v) is 7.61. The highest BCUT2D eigenvalue weighted by Crippen LogP contribution is 2.35. The number of fused-ring (bicyclic) bond motifs is 1. The van der Waals surface area contributed by atoms with Crippen molar-refractivity contribution >= 4 is 28.9 Å². The van der Waals surface area contributed by atoms with Crippen LogP contribution in [0, 0.1) is 0 Å². The number of nitrogens with zero attached hydrogens (tertiary/aromatic N) is 2. The molecule has 1 heterocycles. The summed E-state index contributed by atoms with van der Waals surface area (Å²) in [6, 6.07) is 31.1. The fourth-order valence-electron chi connectivity index (χ4n) is 3.75. The third kappa shape index (κ3) is 3.60. The molecule has 0 aliphatic carbocycles. The number of carbonyl (C=O) groups excluding carboxylic acids is 1. The molecule has 0 saturated carbocycles. The van der Waals surface area contributed by atoms with Gasteiger partial charge in [0.15, 0.2) is 6.29 Å². The number of benzene rings is 4. The molecule has 0 unspecified atom stereocenters. The van der Waals surface area contributed by atoms with Crippen LogP contribution < -0.4 is 0 Å². The number of rotatable bonds is 4. The number of hydrogen-bond donors (Lipinski definition) is 0. The maximum atomic E-state index is 11.7. The molecule has 0 atom stereocenters. The van der Waals surface area contributed by atoms with Crippen molar-refractivity contribution in [1.82, 2.24) is 9.97 Å². The predicted molar refractivity (Wildman–Crippen MR) is 126 cm³/mol. The van der Waals surface area contributed by atoms with E-state index in [1.165, 1.54) is 0 Å². The van der Waals surface area contributed by atoms with Gasteiger partial charge in [-0.15, -0.1) is 0 Å². The Bertz CT molecular complexity index is 1400. The Morgan fingerprint density at radius 3 is 1.94 bits per heavy atom. The summed E-state index contributed by atoms with van der Waals surface area (Å²) >= 11 is 6.26. The molecular formula is C27H17ClN2O. The van der Waals surface area contributed by atoms with Crippen molar-refractivity contribution in [2.45, 2.75) is 0 Å². The standard InChI is InChI=1S/C27H17ClN2O/c28-21-15-14-20(17-31)23(16-21)22-12-7-13-24-27(22)30-26(19-10-5-2-6-11-19)25(29-24)18-8-3-1-4-9-18/h1-17H. The van der Waals surface area contributed by atoms with Crippen molar-refractivity contribution in [2.24, 2.45) is 0 Å². The number of hydrogen-bond acceptors (Lipinski definition) is 3. The second kappa shape index (κ2) is 8.13. The SMILES string of the molecule is O=Cc1ccc(Cl)cc1-c1cccc2nc(-c3ccccc3)c(-c3ccccc3)nc12. The highest BCUT2D eigenvalue weighted by molar-refractivity contribution is 6.31. The molecule has 31 heavy (non-hydrogen) atoms. The Balaban J connectivity index is 1.85. The Morgan fingerprint density at radius 1 is 0.645 bits per heavy atom. The number of aldehydes is 1. The first kappa shape index (κ1) is 19.2. The van der Waals surface area contributed by atoms with Crippen LogP contribution in [0.5, 0.6) is 0 Å². The fraction of sp³-hybridized carbons (Fsp3) is 0. The zero-order valence-corrected chi connectivity index (χ0v) is 17.3. The topological polar surface area (TPSA) is 42.9 Å². The van der Waals surface area contributed by atoms with Gasteiger partial charge in [0.2, 0.25) is 0 Å². The van der Waals surface area contributed by atoms with Gasteiger partial charge in [0, 0.05) is 27.3 Å². The lowest BCUT2D eigenvalue weighted by molar-refractivity contribution is 0.112. The van der Waals surface area contributed by atoms with Gasteiger partial charge >= 0.3 is 0 Å². The first-order valence-corrected chi connectivity index (χ1v) is 10.3. The van der Waals surface area contributed by atoms with Crippen molar-refractivity contribution in [1.29, 1.82) is 0 Å². The summed E-state index contributed by atoms with van der Waals surface area (Å²) in [6.45, 7) is 0. The van der Waals surface area contributed by atoms with Crippen LogP contribution in [-0.2, 0) is 0 Å². The number of halogens is 1. The van der Waals surface area contributed by atoms with Gasteiger partial charge in [-0.25, -0.2) is 9.97 Å². The van der Waals surface area contributed by atoms with Gasteiger partial charge in [-0.3, -0.25) is 4.79 Å². The molecule has 148 valence electrons. The van der Waals surface area contributed by atoms with Gasteiger partial charge in [-0.05, 0) is 29.8 Å². The van der Waals surface area contributed by atoms with Gasteiger partial charge < -0.3 is 0 Å². The Hall–Kier alpha value is -3.82. The van der Waals surface area contributed by atoms with Crippen LogP contribution in [-0.4, -0.2) is 16.3 Å². The summed E-state index contributed by atoms with van der Waals surface area (Å²) in [4.78, 5) is 21.8. The zero-order chi connectivity index (χ0) is 21.2. The van der Waals surface area contributed by atoms with Crippen LogP contribution in [0.3, 0.4) is 0 Å². The highest BCUT2D eigenvalue weighted by Gasteiger charge is 2.16. The average molecular weight is 421 g/mol. The normalized spacial score (nSPS) is 10.9. The van der Waals surface area contributed by atoms with Crippen LogP contribution in [0.2, 0.25) is 5.02 Å². The third-order valence-corrected chi connectivity index (χ3v) is 5.46. The number of aromatic nitrogens is 2. The molecule has 4 heteroatoms. The Kier molecular flexibility index (Phi) is 5.03. The van der Waals surface area contributed by atoms with E-state index in [-0.39, 0.29) is 0 Å². The molecule has 0 amide bonds. The van der Waals surface area contributed by atoms with Crippen LogP contribution in [0.4, 0.5) is 0 Å². The Morgan fingerprint density at radius 2 is 1.29 bits per heavy atom. The summed E-state index contributed by atoms with van der Waals surface area (Å²) in [5, 5.41) is 0.565. The summed E-state index contributed by atoms with van der Waals surface area (Å²) in [7, 11) is 0. The van der Waals surface area contributed by atoms with Crippen molar-refractivity contribution in [3.63, 3.8) is 0 Å². The number of carbonyl (C=O) groups is 1. The van der Waals surface area contributed by atoms with E-state index in [1.54, 1.807) is 18.2 Å². The molecule has 3 nitrogen and oxygen atoms in total. The van der Waals surface area contributed by atoms with Gasteiger partial charge in [-0.1, -0.05) is 84.4 Å². The average Bonchev–Trinajstić information content (AvgIpc) is 2.84. The number of para-hydroxylation sites is 1. The molecule has 5 aromatic rings. The third-order valence-electron chi connectivity index (χ3n) is 5.22. The van der Waals surface area contributed by atoms with Crippen LogP contribution in [0.1, 0.15) is 10.4 Å². The lowest BCUT2D eigenvalue weighted by Gasteiger charge is -2.14. The van der Waals surface area contributed by atoms with E-state index < -0.39 is 0 Å². The van der Waals surface area contributed by atoms with Crippen LogP contribution in [0.25, 0.3) is 44.7 Å². The van der Waals surface area contributed by atoms with E-state index in [4.69, 9.17) is 21.6 Å². The fourth-order valence-corrected chi connectivity index (χ4v) is 3.93. The van der Waals surface area contributed by atoms with Crippen molar-refractivity contribution in [3.05, 3.63) is 108 Å². The summed E-state index contributed by atoms with van der Waals surface area (Å²) < 4.78 is 0. The summed E-state index contributed by atoms with van der Waals surface area (Å²) in [6.07, 6.45) is 0.842. The van der Waals surface area contributed by atoms with Crippen molar-refractivity contribution in [3.8, 4) is 33.6 Å². The van der Waals surface area contributed by atoms with E-state index >= 15 is 0 Å².